The first-order valence-electron chi connectivity index (χ1n) is 7.89. The van der Waals surface area contributed by atoms with Gasteiger partial charge >= 0.3 is 0 Å². The minimum absolute atomic E-state index is 0.289. The molecular weight excluding hydrogens is 420 g/mol. The highest BCUT2D eigenvalue weighted by molar-refractivity contribution is 9.10. The van der Waals surface area contributed by atoms with Gasteiger partial charge in [0.1, 0.15) is 0 Å². The van der Waals surface area contributed by atoms with E-state index in [-0.39, 0.29) is 4.90 Å². The fourth-order valence-corrected chi connectivity index (χ4v) is 5.63. The van der Waals surface area contributed by atoms with Gasteiger partial charge in [-0.05, 0) is 49.2 Å². The Morgan fingerprint density at radius 1 is 1.16 bits per heavy atom. The topological polar surface area (TPSA) is 49.7 Å². The number of aryl methyl sites for hydroxylation is 2. The maximum Gasteiger partial charge on any atom is 0.265 e. The molecule has 0 aromatic heterocycles. The van der Waals surface area contributed by atoms with E-state index in [1.165, 1.54) is 32.8 Å². The van der Waals surface area contributed by atoms with Gasteiger partial charge in [-0.2, -0.15) is 0 Å². The van der Waals surface area contributed by atoms with Crippen LogP contribution >= 0.6 is 27.7 Å². The van der Waals surface area contributed by atoms with Gasteiger partial charge in [-0.3, -0.25) is 4.99 Å². The molecule has 2 aromatic rings. The summed E-state index contributed by atoms with van der Waals surface area (Å²) in [5.74, 6) is 0.707. The van der Waals surface area contributed by atoms with E-state index < -0.39 is 10.0 Å². The van der Waals surface area contributed by atoms with E-state index in [2.05, 4.69) is 53.0 Å². The van der Waals surface area contributed by atoms with Gasteiger partial charge < -0.3 is 0 Å². The van der Waals surface area contributed by atoms with Gasteiger partial charge in [0.05, 0.1) is 18.0 Å². The van der Waals surface area contributed by atoms with Gasteiger partial charge in [0, 0.05) is 10.2 Å². The molecule has 2 aromatic carbocycles. The van der Waals surface area contributed by atoms with Crippen LogP contribution in [0.15, 0.2) is 56.8 Å². The van der Waals surface area contributed by atoms with Crippen LogP contribution in [-0.4, -0.2) is 31.0 Å². The summed E-state index contributed by atoms with van der Waals surface area (Å²) in [7, 11) is -3.57. The van der Waals surface area contributed by atoms with E-state index in [1.54, 1.807) is 24.3 Å². The maximum absolute atomic E-state index is 12.9. The molecule has 132 valence electrons. The summed E-state index contributed by atoms with van der Waals surface area (Å²) in [6.45, 7) is 5.03. The number of rotatable bonds is 4. The van der Waals surface area contributed by atoms with Crippen LogP contribution in [0.3, 0.4) is 0 Å². The van der Waals surface area contributed by atoms with Crippen LogP contribution in [-0.2, 0) is 15.8 Å². The number of hydrogen-bond acceptors (Lipinski definition) is 4. The van der Waals surface area contributed by atoms with E-state index in [0.29, 0.717) is 24.0 Å². The highest BCUT2D eigenvalue weighted by atomic mass is 79.9. The number of nitrogens with zero attached hydrogens (tertiary/aromatic N) is 2. The first-order valence-corrected chi connectivity index (χ1v) is 11.1. The molecule has 0 unspecified atom stereocenters. The summed E-state index contributed by atoms with van der Waals surface area (Å²) in [6, 6.07) is 13.0. The molecule has 0 aliphatic carbocycles. The number of hydrogen-bond donors (Lipinski definition) is 0. The summed E-state index contributed by atoms with van der Waals surface area (Å²) in [5.41, 5.74) is 3.62. The van der Waals surface area contributed by atoms with Gasteiger partial charge in [-0.25, -0.2) is 12.7 Å². The summed E-state index contributed by atoms with van der Waals surface area (Å²) in [4.78, 5) is 4.70. The number of benzene rings is 2. The van der Waals surface area contributed by atoms with Crippen LogP contribution in [0.25, 0.3) is 0 Å². The molecular formula is C18H19BrN2O2S2. The average Bonchev–Trinajstić information content (AvgIpc) is 3.05. The SMILES string of the molecule is Cc1ccc(C)c(CSC2=NCCN2S(=O)(=O)c2ccc(Br)cc2)c1. The Kier molecular flexibility index (Phi) is 5.55. The fourth-order valence-electron chi connectivity index (χ4n) is 2.58. The Hall–Kier alpha value is -1.31. The van der Waals surface area contributed by atoms with Crippen molar-refractivity contribution >= 4 is 42.9 Å². The molecule has 4 nitrogen and oxygen atoms in total. The van der Waals surface area contributed by atoms with Gasteiger partial charge in [0.15, 0.2) is 5.17 Å². The minimum atomic E-state index is -3.57. The molecule has 0 atom stereocenters. The van der Waals surface area contributed by atoms with Crippen LogP contribution in [0.4, 0.5) is 0 Å². The van der Waals surface area contributed by atoms with Crippen molar-refractivity contribution < 1.29 is 8.42 Å². The quantitative estimate of drug-likeness (QED) is 0.712. The summed E-state index contributed by atoms with van der Waals surface area (Å²) in [6.07, 6.45) is 0. The van der Waals surface area contributed by atoms with E-state index in [1.807, 2.05) is 0 Å². The largest absolute Gasteiger partial charge is 0.265 e. The van der Waals surface area contributed by atoms with Crippen molar-refractivity contribution in [3.63, 3.8) is 0 Å². The van der Waals surface area contributed by atoms with E-state index in [4.69, 9.17) is 0 Å². The molecule has 25 heavy (non-hydrogen) atoms. The minimum Gasteiger partial charge on any atom is -0.260 e. The Labute approximate surface area is 161 Å². The normalized spacial score (nSPS) is 14.7. The molecule has 3 rings (SSSR count). The van der Waals surface area contributed by atoms with Gasteiger partial charge in [0.2, 0.25) is 0 Å². The van der Waals surface area contributed by atoms with E-state index >= 15 is 0 Å². The Morgan fingerprint density at radius 3 is 2.60 bits per heavy atom. The molecule has 0 amide bonds. The molecule has 0 fully saturated rings. The van der Waals surface area contributed by atoms with Crippen molar-refractivity contribution in [1.82, 2.24) is 4.31 Å². The standard InChI is InChI=1S/C18H19BrN2O2S2/c1-13-3-4-14(2)15(11-13)12-24-18-20-9-10-21(18)25(22,23)17-7-5-16(19)6-8-17/h3-8,11H,9-10,12H2,1-2H3. The second-order valence-electron chi connectivity index (χ2n) is 5.91. The summed E-state index contributed by atoms with van der Waals surface area (Å²) >= 11 is 4.81. The zero-order chi connectivity index (χ0) is 18.0. The number of sulfonamides is 1. The predicted octanol–water partition coefficient (Wildman–Crippen LogP) is 4.36. The van der Waals surface area contributed by atoms with Crippen molar-refractivity contribution in [3.05, 3.63) is 63.6 Å². The molecule has 0 N–H and O–H groups in total. The van der Waals surface area contributed by atoms with Gasteiger partial charge in [-0.1, -0.05) is 51.5 Å². The molecule has 0 bridgehead atoms. The second kappa shape index (κ2) is 7.51. The molecule has 7 heteroatoms. The molecule has 0 saturated carbocycles. The third kappa shape index (κ3) is 4.10. The molecule has 1 aliphatic heterocycles. The molecule has 0 radical (unpaired) electrons. The number of amidine groups is 1. The Morgan fingerprint density at radius 2 is 1.88 bits per heavy atom. The fraction of sp³-hybridized carbons (Fsp3) is 0.278. The van der Waals surface area contributed by atoms with Crippen molar-refractivity contribution in [2.45, 2.75) is 24.5 Å². The lowest BCUT2D eigenvalue weighted by Gasteiger charge is -2.20. The molecule has 0 spiro atoms. The average molecular weight is 439 g/mol. The number of thioether (sulfide) groups is 1. The smallest absolute Gasteiger partial charge is 0.260 e. The maximum atomic E-state index is 12.9. The Bertz CT molecular complexity index is 909. The van der Waals surface area contributed by atoms with Crippen molar-refractivity contribution in [3.8, 4) is 0 Å². The zero-order valence-corrected chi connectivity index (χ0v) is 17.3. The Balaban J connectivity index is 1.78. The van der Waals surface area contributed by atoms with Crippen molar-refractivity contribution in [2.24, 2.45) is 4.99 Å². The first kappa shape index (κ1) is 18.5. The summed E-state index contributed by atoms with van der Waals surface area (Å²) < 4.78 is 28.1. The lowest BCUT2D eigenvalue weighted by Crippen LogP contribution is -2.32. The number of halogens is 1. The van der Waals surface area contributed by atoms with Crippen LogP contribution in [0.2, 0.25) is 0 Å². The molecule has 0 saturated heterocycles. The molecule has 1 heterocycles. The zero-order valence-electron chi connectivity index (χ0n) is 14.1. The van der Waals surface area contributed by atoms with E-state index in [0.717, 1.165) is 4.47 Å². The van der Waals surface area contributed by atoms with Crippen LogP contribution in [0.5, 0.6) is 0 Å². The van der Waals surface area contributed by atoms with Gasteiger partial charge in [-0.15, -0.1) is 0 Å². The van der Waals surface area contributed by atoms with E-state index in [9.17, 15) is 8.42 Å². The first-order chi connectivity index (χ1) is 11.9. The molecule has 1 aliphatic rings. The van der Waals surface area contributed by atoms with Gasteiger partial charge in [0.25, 0.3) is 10.0 Å². The van der Waals surface area contributed by atoms with Crippen LogP contribution in [0.1, 0.15) is 16.7 Å². The highest BCUT2D eigenvalue weighted by Gasteiger charge is 2.30. The number of aliphatic imine (C=N–C) groups is 1. The summed E-state index contributed by atoms with van der Waals surface area (Å²) in [5, 5.41) is 0.573. The van der Waals surface area contributed by atoms with Crippen LogP contribution < -0.4 is 0 Å². The van der Waals surface area contributed by atoms with Crippen molar-refractivity contribution in [1.29, 1.82) is 0 Å². The van der Waals surface area contributed by atoms with Crippen LogP contribution in [0, 0.1) is 13.8 Å². The highest BCUT2D eigenvalue weighted by Crippen LogP contribution is 2.27. The second-order valence-corrected chi connectivity index (χ2v) is 9.63. The third-order valence-electron chi connectivity index (χ3n) is 4.03. The predicted molar refractivity (Wildman–Crippen MR) is 108 cm³/mol. The van der Waals surface area contributed by atoms with Crippen molar-refractivity contribution in [2.75, 3.05) is 13.1 Å². The third-order valence-corrected chi connectivity index (χ3v) is 7.54. The lowest BCUT2D eigenvalue weighted by molar-refractivity contribution is 0.540. The lowest BCUT2D eigenvalue weighted by atomic mass is 10.1. The monoisotopic (exact) mass is 438 g/mol.